The van der Waals surface area contributed by atoms with Crippen LogP contribution < -0.4 is 0 Å². The number of hydrogen-bond acceptors (Lipinski definition) is 5. The van der Waals surface area contributed by atoms with Gasteiger partial charge >= 0.3 is 24.3 Å². The average Bonchev–Trinajstić information content (AvgIpc) is 2.93. The van der Waals surface area contributed by atoms with Crippen molar-refractivity contribution in [1.82, 2.24) is 9.97 Å². The van der Waals surface area contributed by atoms with Gasteiger partial charge in [0.05, 0.1) is 0 Å². The van der Waals surface area contributed by atoms with Crippen LogP contribution in [0.3, 0.4) is 0 Å². The minimum Gasteiger partial charge on any atom is -0.475 e. The molecule has 0 bridgehead atoms. The normalized spacial score (nSPS) is 13.6. The Morgan fingerprint density at radius 3 is 1.93 bits per heavy atom. The van der Waals surface area contributed by atoms with Gasteiger partial charge in [-0.25, -0.2) is 19.6 Å². The molecule has 0 spiro atoms. The molecule has 2 aromatic heterocycles. The highest BCUT2D eigenvalue weighted by molar-refractivity contribution is 7.18. The molecule has 1 aliphatic carbocycles. The van der Waals surface area contributed by atoms with Crippen LogP contribution in [-0.4, -0.2) is 44.5 Å². The minimum atomic E-state index is -5.08. The van der Waals surface area contributed by atoms with Crippen molar-refractivity contribution in [3.63, 3.8) is 0 Å². The van der Waals surface area contributed by atoms with Gasteiger partial charge < -0.3 is 10.2 Å². The summed E-state index contributed by atoms with van der Waals surface area (Å²) < 4.78 is 63.5. The van der Waals surface area contributed by atoms with E-state index in [9.17, 15) is 26.3 Å². The molecule has 2 heterocycles. The van der Waals surface area contributed by atoms with E-state index in [1.165, 1.54) is 41.5 Å². The highest BCUT2D eigenvalue weighted by atomic mass is 32.1. The zero-order valence-corrected chi connectivity index (χ0v) is 14.1. The number of fused-ring (bicyclic) bond motifs is 3. The predicted octanol–water partition coefficient (Wildman–Crippen LogP) is 3.84. The van der Waals surface area contributed by atoms with Crippen LogP contribution in [0.25, 0.3) is 10.2 Å². The molecule has 27 heavy (non-hydrogen) atoms. The number of thiophene rings is 1. The Labute approximate surface area is 151 Å². The largest absolute Gasteiger partial charge is 0.490 e. The fourth-order valence-corrected chi connectivity index (χ4v) is 3.20. The lowest BCUT2D eigenvalue weighted by Crippen LogP contribution is -2.21. The molecule has 150 valence electrons. The average molecular weight is 418 g/mol. The molecular formula is C14H12F6N2O4S. The summed E-state index contributed by atoms with van der Waals surface area (Å²) >= 11 is 1.85. The predicted molar refractivity (Wildman–Crippen MR) is 81.4 cm³/mol. The minimum absolute atomic E-state index is 1.17. The van der Waals surface area contributed by atoms with Gasteiger partial charge in [-0.2, -0.15) is 26.3 Å². The van der Waals surface area contributed by atoms with Gasteiger partial charge in [0.1, 0.15) is 11.2 Å². The second-order valence-corrected chi connectivity index (χ2v) is 6.14. The van der Waals surface area contributed by atoms with Crippen LogP contribution in [0.4, 0.5) is 26.3 Å². The van der Waals surface area contributed by atoms with Crippen molar-refractivity contribution in [2.24, 2.45) is 0 Å². The highest BCUT2D eigenvalue weighted by Crippen LogP contribution is 2.34. The maximum atomic E-state index is 10.6. The first kappa shape index (κ1) is 22.6. The molecule has 0 saturated heterocycles. The molecule has 2 aromatic rings. The smallest absolute Gasteiger partial charge is 0.475 e. The van der Waals surface area contributed by atoms with Crippen LogP contribution >= 0.6 is 11.3 Å². The van der Waals surface area contributed by atoms with E-state index in [1.54, 1.807) is 11.2 Å². The van der Waals surface area contributed by atoms with Crippen LogP contribution in [0.15, 0.2) is 12.5 Å². The standard InChI is InChI=1S/C10H10N2S.2C2HF3O2/c1-2-4-9-7(3-1)8-5-11-6-12-10(8)13-9;2*3-2(4,5)1(6)7/h5-6H,1-4H2;2*(H,6,7). The van der Waals surface area contributed by atoms with E-state index >= 15 is 0 Å². The van der Waals surface area contributed by atoms with Gasteiger partial charge in [0.15, 0.2) is 0 Å². The van der Waals surface area contributed by atoms with Gasteiger partial charge in [0.2, 0.25) is 0 Å². The van der Waals surface area contributed by atoms with Crippen LogP contribution in [-0.2, 0) is 22.4 Å². The highest BCUT2D eigenvalue weighted by Gasteiger charge is 2.38. The van der Waals surface area contributed by atoms with Crippen molar-refractivity contribution in [2.75, 3.05) is 0 Å². The molecule has 0 aliphatic heterocycles. The van der Waals surface area contributed by atoms with Crippen molar-refractivity contribution in [2.45, 2.75) is 38.0 Å². The summed E-state index contributed by atoms with van der Waals surface area (Å²) in [5, 5.41) is 15.5. The number of hydrogen-bond donors (Lipinski definition) is 2. The lowest BCUT2D eigenvalue weighted by Gasteiger charge is -2.09. The monoisotopic (exact) mass is 418 g/mol. The first-order chi connectivity index (χ1) is 12.3. The quantitative estimate of drug-likeness (QED) is 0.631. The fourth-order valence-electron chi connectivity index (χ4n) is 2.00. The van der Waals surface area contributed by atoms with E-state index in [1.807, 2.05) is 17.5 Å². The van der Waals surface area contributed by atoms with Gasteiger partial charge in [0.25, 0.3) is 0 Å². The summed E-state index contributed by atoms with van der Waals surface area (Å²) in [5.41, 5.74) is 1.52. The second-order valence-electron chi connectivity index (χ2n) is 5.06. The van der Waals surface area contributed by atoms with Crippen LogP contribution in [0, 0.1) is 0 Å². The number of aliphatic carboxylic acids is 2. The Hall–Kier alpha value is -2.44. The molecule has 0 amide bonds. The fraction of sp³-hybridized carbons (Fsp3) is 0.429. The van der Waals surface area contributed by atoms with E-state index in [-0.39, 0.29) is 0 Å². The third kappa shape index (κ3) is 7.00. The Morgan fingerprint density at radius 1 is 0.963 bits per heavy atom. The zero-order valence-electron chi connectivity index (χ0n) is 13.3. The van der Waals surface area contributed by atoms with Crippen LogP contribution in [0.2, 0.25) is 0 Å². The third-order valence-corrected chi connectivity index (χ3v) is 4.34. The van der Waals surface area contributed by atoms with E-state index in [0.29, 0.717) is 0 Å². The summed E-state index contributed by atoms with van der Waals surface area (Å²) in [7, 11) is 0. The number of carboxylic acid groups (broad SMARTS) is 2. The van der Waals surface area contributed by atoms with E-state index < -0.39 is 24.3 Å². The summed E-state index contributed by atoms with van der Waals surface area (Å²) in [6.07, 6.45) is -1.42. The van der Waals surface area contributed by atoms with Gasteiger partial charge in [-0.3, -0.25) is 0 Å². The van der Waals surface area contributed by atoms with Gasteiger partial charge in [-0.05, 0) is 31.2 Å². The summed E-state index contributed by atoms with van der Waals surface area (Å²) in [6, 6.07) is 0. The van der Waals surface area contributed by atoms with Crippen LogP contribution in [0.1, 0.15) is 23.3 Å². The summed E-state index contributed by atoms with van der Waals surface area (Å²) in [4.78, 5) is 28.9. The van der Waals surface area contributed by atoms with Gasteiger partial charge in [0, 0.05) is 16.5 Å². The Bertz CT molecular complexity index is 779. The molecule has 0 aromatic carbocycles. The Balaban J connectivity index is 0.000000226. The van der Waals surface area contributed by atoms with Gasteiger partial charge in [-0.1, -0.05) is 0 Å². The summed E-state index contributed by atoms with van der Waals surface area (Å²) in [5.74, 6) is -5.51. The maximum Gasteiger partial charge on any atom is 0.490 e. The summed E-state index contributed by atoms with van der Waals surface area (Å²) in [6.45, 7) is 0. The second kappa shape index (κ2) is 8.97. The molecule has 1 aliphatic rings. The molecular weight excluding hydrogens is 406 g/mol. The molecule has 13 heteroatoms. The molecule has 0 saturated carbocycles. The van der Waals surface area contributed by atoms with Crippen molar-refractivity contribution in [1.29, 1.82) is 0 Å². The number of carboxylic acids is 2. The number of carbonyl (C=O) groups is 2. The van der Waals surface area contributed by atoms with Crippen molar-refractivity contribution in [3.8, 4) is 0 Å². The number of alkyl halides is 6. The van der Waals surface area contributed by atoms with Crippen molar-refractivity contribution < 1.29 is 46.1 Å². The first-order valence-electron chi connectivity index (χ1n) is 7.14. The molecule has 0 fully saturated rings. The molecule has 2 N–H and O–H groups in total. The Kier molecular flexibility index (Phi) is 7.51. The third-order valence-electron chi connectivity index (χ3n) is 3.12. The number of aryl methyl sites for hydroxylation is 2. The Morgan fingerprint density at radius 2 is 1.44 bits per heavy atom. The number of rotatable bonds is 0. The van der Waals surface area contributed by atoms with Crippen molar-refractivity contribution in [3.05, 3.63) is 23.0 Å². The number of nitrogens with zero attached hydrogens (tertiary/aromatic N) is 2. The number of aromatic nitrogens is 2. The van der Waals surface area contributed by atoms with Gasteiger partial charge in [-0.15, -0.1) is 11.3 Å². The molecule has 3 rings (SSSR count). The van der Waals surface area contributed by atoms with E-state index in [4.69, 9.17) is 19.8 Å². The topological polar surface area (TPSA) is 100 Å². The molecule has 0 atom stereocenters. The molecule has 6 nitrogen and oxygen atoms in total. The number of halogens is 6. The molecule has 0 radical (unpaired) electrons. The lowest BCUT2D eigenvalue weighted by atomic mass is 9.97. The van der Waals surface area contributed by atoms with E-state index in [2.05, 4.69) is 9.97 Å². The van der Waals surface area contributed by atoms with Crippen molar-refractivity contribution >= 4 is 33.5 Å². The lowest BCUT2D eigenvalue weighted by molar-refractivity contribution is -0.193. The first-order valence-corrected chi connectivity index (χ1v) is 7.96. The SMILES string of the molecule is O=C(O)C(F)(F)F.O=C(O)C(F)(F)F.c1ncc2c3c(sc2n1)CCCC3. The maximum absolute atomic E-state index is 10.6. The zero-order chi connectivity index (χ0) is 20.8. The molecule has 0 unspecified atom stereocenters. The van der Waals surface area contributed by atoms with Crippen LogP contribution in [0.5, 0.6) is 0 Å². The van der Waals surface area contributed by atoms with E-state index in [0.717, 1.165) is 0 Å².